The number of hydrogen-bond donors (Lipinski definition) is 0. The largest absolute Gasteiger partial charge is 0.493 e. The van der Waals surface area contributed by atoms with Crippen LogP contribution in [-0.2, 0) is 20.7 Å². The quantitative estimate of drug-likeness (QED) is 0.234. The Morgan fingerprint density at radius 1 is 0.974 bits per heavy atom. The number of benzene rings is 2. The summed E-state index contributed by atoms with van der Waals surface area (Å²) in [5.41, 5.74) is 5.31. The molecule has 0 unspecified atom stereocenters. The molecule has 204 valence electrons. The average Bonchev–Trinajstić information content (AvgIpc) is 3.34. The number of nitrogens with zero attached hydrogens (tertiary/aromatic N) is 2. The van der Waals surface area contributed by atoms with Crippen molar-refractivity contribution in [3.8, 4) is 17.2 Å². The number of aryl methyl sites for hydroxylation is 1. The molecule has 1 aliphatic rings. The Morgan fingerprint density at radius 3 is 2.36 bits per heavy atom. The van der Waals surface area contributed by atoms with Crippen molar-refractivity contribution in [2.75, 3.05) is 27.9 Å². The number of rotatable bonds is 8. The first kappa shape index (κ1) is 28.3. The van der Waals surface area contributed by atoms with Crippen LogP contribution in [0.4, 0.5) is 0 Å². The van der Waals surface area contributed by atoms with Gasteiger partial charge in [-0.2, -0.15) is 0 Å². The van der Waals surface area contributed by atoms with E-state index in [0.29, 0.717) is 40.2 Å². The fourth-order valence-electron chi connectivity index (χ4n) is 4.90. The second-order valence-electron chi connectivity index (χ2n) is 9.14. The van der Waals surface area contributed by atoms with E-state index in [-0.39, 0.29) is 17.1 Å². The van der Waals surface area contributed by atoms with E-state index in [0.717, 1.165) is 28.2 Å². The highest BCUT2D eigenvalue weighted by Crippen LogP contribution is 2.36. The van der Waals surface area contributed by atoms with Crippen LogP contribution in [0.25, 0.3) is 11.8 Å². The molecule has 39 heavy (non-hydrogen) atoms. The van der Waals surface area contributed by atoms with Gasteiger partial charge in [-0.05, 0) is 74.7 Å². The molecule has 2 aromatic carbocycles. The van der Waals surface area contributed by atoms with Crippen molar-refractivity contribution < 1.29 is 23.8 Å². The lowest BCUT2D eigenvalue weighted by Gasteiger charge is -2.18. The normalized spacial score (nSPS) is 14.4. The summed E-state index contributed by atoms with van der Waals surface area (Å²) in [7, 11) is 4.47. The Bertz CT molecular complexity index is 1520. The highest BCUT2D eigenvalue weighted by atomic mass is 35.5. The van der Waals surface area contributed by atoms with Gasteiger partial charge in [0.1, 0.15) is 0 Å². The Labute approximate surface area is 238 Å². The number of amides is 1. The third-order valence-corrected chi connectivity index (χ3v) is 7.72. The van der Waals surface area contributed by atoms with Crippen molar-refractivity contribution in [2.24, 2.45) is 0 Å². The predicted octanol–water partition coefficient (Wildman–Crippen LogP) is 6.33. The molecule has 2 heterocycles. The molecule has 3 aromatic rings. The lowest BCUT2D eigenvalue weighted by molar-refractivity contribution is -0.136. The van der Waals surface area contributed by atoms with Gasteiger partial charge in [0.2, 0.25) is 0 Å². The monoisotopic (exact) mass is 568 g/mol. The summed E-state index contributed by atoms with van der Waals surface area (Å²) in [6.07, 6.45) is 2.29. The molecule has 0 atom stereocenters. The van der Waals surface area contributed by atoms with Gasteiger partial charge in [-0.15, -0.1) is 0 Å². The van der Waals surface area contributed by atoms with E-state index in [1.807, 2.05) is 54.8 Å². The van der Waals surface area contributed by atoms with Crippen LogP contribution in [0.1, 0.15) is 29.4 Å². The van der Waals surface area contributed by atoms with Crippen LogP contribution in [0.3, 0.4) is 0 Å². The predicted molar refractivity (Wildman–Crippen MR) is 153 cm³/mol. The number of ether oxygens (including phenoxy) is 3. The first-order valence-electron chi connectivity index (χ1n) is 12.3. The van der Waals surface area contributed by atoms with E-state index in [4.69, 9.17) is 37.4 Å². The second-order valence-corrected chi connectivity index (χ2v) is 9.93. The number of halogens is 2. The maximum atomic E-state index is 13.7. The van der Waals surface area contributed by atoms with Gasteiger partial charge in [-0.3, -0.25) is 4.79 Å². The van der Waals surface area contributed by atoms with Gasteiger partial charge in [0, 0.05) is 23.6 Å². The average molecular weight is 569 g/mol. The Hall–Kier alpha value is -3.68. The van der Waals surface area contributed by atoms with Crippen LogP contribution in [-0.4, -0.2) is 49.2 Å². The summed E-state index contributed by atoms with van der Waals surface area (Å²) < 4.78 is 17.8. The molecule has 9 heteroatoms. The topological polar surface area (TPSA) is 70.0 Å². The Morgan fingerprint density at radius 2 is 1.69 bits per heavy atom. The fraction of sp³-hybridized carbons (Fsp3) is 0.267. The zero-order valence-corrected chi connectivity index (χ0v) is 24.2. The number of aromatic nitrogens is 1. The molecule has 0 bridgehead atoms. The van der Waals surface area contributed by atoms with Crippen LogP contribution in [0.2, 0.25) is 10.0 Å². The van der Waals surface area contributed by atoms with Crippen LogP contribution < -0.4 is 9.47 Å². The van der Waals surface area contributed by atoms with Crippen molar-refractivity contribution in [1.29, 1.82) is 0 Å². The fourth-order valence-corrected chi connectivity index (χ4v) is 5.28. The van der Waals surface area contributed by atoms with Gasteiger partial charge in [-0.1, -0.05) is 35.3 Å². The Kier molecular flexibility index (Phi) is 8.42. The molecule has 1 aliphatic heterocycles. The van der Waals surface area contributed by atoms with Gasteiger partial charge in [0.05, 0.1) is 48.2 Å². The molecule has 0 saturated heterocycles. The van der Waals surface area contributed by atoms with E-state index in [2.05, 4.69) is 0 Å². The van der Waals surface area contributed by atoms with Gasteiger partial charge in [0.15, 0.2) is 11.5 Å². The number of hydrogen-bond acceptors (Lipinski definition) is 5. The van der Waals surface area contributed by atoms with E-state index in [9.17, 15) is 9.59 Å². The summed E-state index contributed by atoms with van der Waals surface area (Å²) in [4.78, 5) is 28.1. The van der Waals surface area contributed by atoms with Crippen LogP contribution in [0.15, 0.2) is 59.3 Å². The standard InChI is InChI=1S/C30H30Cl2N2O5/c1-17-14-21(18(2)34(17)24-9-7-8-23(31)28(24)32)16-22-27(30(36)39-6)19(3)33(29(22)35)13-12-20-10-11-25(37-4)26(15-20)38-5/h7-11,14-16H,12-13H2,1-6H3/b22-16-. The number of carbonyl (C=O) groups excluding carboxylic acids is 2. The zero-order valence-electron chi connectivity index (χ0n) is 22.7. The van der Waals surface area contributed by atoms with E-state index >= 15 is 0 Å². The molecular weight excluding hydrogens is 539 g/mol. The van der Waals surface area contributed by atoms with E-state index < -0.39 is 5.97 Å². The zero-order chi connectivity index (χ0) is 28.4. The van der Waals surface area contributed by atoms with Crippen molar-refractivity contribution in [1.82, 2.24) is 9.47 Å². The molecule has 0 spiro atoms. The molecule has 7 nitrogen and oxygen atoms in total. The third-order valence-electron chi connectivity index (χ3n) is 6.92. The van der Waals surface area contributed by atoms with E-state index in [1.54, 1.807) is 38.2 Å². The number of allylic oxidation sites excluding steroid dienone is 1. The molecular formula is C30H30Cl2N2O5. The van der Waals surface area contributed by atoms with Crippen LogP contribution >= 0.6 is 23.2 Å². The minimum absolute atomic E-state index is 0.250. The SMILES string of the molecule is COC(=O)C1=C(C)N(CCc2ccc(OC)c(OC)c2)C(=O)/C1=C\c1cc(C)n(-c2cccc(Cl)c2Cl)c1C. The van der Waals surface area contributed by atoms with Crippen molar-refractivity contribution >= 4 is 41.2 Å². The minimum atomic E-state index is -0.563. The highest BCUT2D eigenvalue weighted by molar-refractivity contribution is 6.43. The molecule has 0 aliphatic carbocycles. The molecule has 0 saturated carbocycles. The molecule has 0 fully saturated rings. The highest BCUT2D eigenvalue weighted by Gasteiger charge is 2.37. The Balaban J connectivity index is 1.70. The number of methoxy groups -OCH3 is 3. The van der Waals surface area contributed by atoms with E-state index in [1.165, 1.54) is 7.11 Å². The van der Waals surface area contributed by atoms with Crippen LogP contribution in [0.5, 0.6) is 11.5 Å². The summed E-state index contributed by atoms with van der Waals surface area (Å²) in [5, 5.41) is 0.883. The maximum absolute atomic E-state index is 13.7. The molecule has 0 radical (unpaired) electrons. The number of carbonyl (C=O) groups is 2. The number of esters is 1. The second kappa shape index (κ2) is 11.6. The van der Waals surface area contributed by atoms with Crippen LogP contribution in [0, 0.1) is 13.8 Å². The summed E-state index contributed by atoms with van der Waals surface area (Å²) in [6.45, 7) is 6.00. The van der Waals surface area contributed by atoms with Crippen molar-refractivity contribution in [3.63, 3.8) is 0 Å². The lowest BCUT2D eigenvalue weighted by atomic mass is 10.0. The van der Waals surface area contributed by atoms with Gasteiger partial charge in [0.25, 0.3) is 5.91 Å². The summed E-state index contributed by atoms with van der Waals surface area (Å²) >= 11 is 12.8. The summed E-state index contributed by atoms with van der Waals surface area (Å²) in [5.74, 6) is 0.414. The molecule has 0 N–H and O–H groups in total. The third kappa shape index (κ3) is 5.29. The first-order chi connectivity index (χ1) is 18.6. The van der Waals surface area contributed by atoms with Crippen molar-refractivity contribution in [3.05, 3.63) is 91.9 Å². The first-order valence-corrected chi connectivity index (χ1v) is 13.1. The minimum Gasteiger partial charge on any atom is -0.493 e. The van der Waals surface area contributed by atoms with Gasteiger partial charge in [-0.25, -0.2) is 4.79 Å². The molecule has 1 aromatic heterocycles. The lowest BCUT2D eigenvalue weighted by Crippen LogP contribution is -2.27. The smallest absolute Gasteiger partial charge is 0.340 e. The van der Waals surface area contributed by atoms with Gasteiger partial charge < -0.3 is 23.7 Å². The molecule has 1 amide bonds. The summed E-state index contributed by atoms with van der Waals surface area (Å²) in [6, 6.07) is 13.0. The molecule has 4 rings (SSSR count). The van der Waals surface area contributed by atoms with Crippen molar-refractivity contribution in [2.45, 2.75) is 27.2 Å². The van der Waals surface area contributed by atoms with Gasteiger partial charge >= 0.3 is 5.97 Å². The maximum Gasteiger partial charge on any atom is 0.340 e.